The van der Waals surface area contributed by atoms with E-state index < -0.39 is 10.4 Å². The third-order valence-electron chi connectivity index (χ3n) is 1.45. The zero-order valence-electron chi connectivity index (χ0n) is 6.95. The number of rotatable bonds is 2. The summed E-state index contributed by atoms with van der Waals surface area (Å²) in [6.07, 6.45) is 0. The van der Waals surface area contributed by atoms with Crippen molar-refractivity contribution in [2.45, 2.75) is 4.46 Å². The minimum absolute atomic E-state index is 0.454. The van der Waals surface area contributed by atoms with Gasteiger partial charge < -0.3 is 0 Å². The van der Waals surface area contributed by atoms with E-state index in [1.165, 1.54) is 0 Å². The van der Waals surface area contributed by atoms with Crippen molar-refractivity contribution in [3.05, 3.63) is 30.3 Å². The fourth-order valence-electron chi connectivity index (χ4n) is 0.807. The van der Waals surface area contributed by atoms with E-state index >= 15 is 0 Å². The summed E-state index contributed by atoms with van der Waals surface area (Å²) in [7, 11) is 0. The van der Waals surface area contributed by atoms with Crippen molar-refractivity contribution < 1.29 is 4.79 Å². The second-order valence-corrected chi connectivity index (χ2v) is 4.27. The van der Waals surface area contributed by atoms with Gasteiger partial charge in [0.1, 0.15) is 0 Å². The van der Waals surface area contributed by atoms with Gasteiger partial charge >= 0.3 is 0 Å². The van der Waals surface area contributed by atoms with Crippen LogP contribution in [0.4, 0.5) is 5.69 Å². The van der Waals surface area contributed by atoms with Crippen LogP contribution in [0.5, 0.6) is 0 Å². The Labute approximate surface area is 96.4 Å². The molecule has 0 unspecified atom stereocenters. The van der Waals surface area contributed by atoms with Crippen LogP contribution in [-0.4, -0.2) is 10.4 Å². The zero-order valence-corrected chi connectivity index (χ0v) is 9.22. The van der Waals surface area contributed by atoms with Crippen LogP contribution >= 0.6 is 35.0 Å². The number of hydrogen-bond donors (Lipinski definition) is 1. The molecule has 0 radical (unpaired) electrons. The summed E-state index contributed by atoms with van der Waals surface area (Å²) < 4.78 is -1.24. The number of alkyl halides is 2. The van der Waals surface area contributed by atoms with Crippen LogP contribution in [0.15, 0.2) is 30.3 Å². The molecule has 0 saturated heterocycles. The van der Waals surface area contributed by atoms with Gasteiger partial charge in [0.2, 0.25) is 4.46 Å². The molecule has 0 aliphatic heterocycles. The van der Waals surface area contributed by atoms with Gasteiger partial charge in [-0.2, -0.15) is 0 Å². The average molecular weight is 254 g/mol. The van der Waals surface area contributed by atoms with Crippen molar-refractivity contribution in [2.75, 3.05) is 4.42 Å². The normalized spacial score (nSPS) is 11.1. The highest BCUT2D eigenvalue weighted by Gasteiger charge is 2.33. The molecule has 6 heteroatoms. The molecule has 76 valence electrons. The van der Waals surface area contributed by atoms with Crippen molar-refractivity contribution in [1.29, 1.82) is 0 Å². The molecule has 1 aromatic carbocycles. The fourth-order valence-corrected chi connectivity index (χ4v) is 1.31. The van der Waals surface area contributed by atoms with Gasteiger partial charge in [-0.25, -0.2) is 4.42 Å². The van der Waals surface area contributed by atoms with Gasteiger partial charge in [-0.3, -0.25) is 10.5 Å². The van der Waals surface area contributed by atoms with E-state index in [4.69, 9.17) is 40.7 Å². The zero-order chi connectivity index (χ0) is 10.8. The predicted octanol–water partition coefficient (Wildman–Crippen LogP) is 2.26. The van der Waals surface area contributed by atoms with Gasteiger partial charge in [0, 0.05) is 11.8 Å². The number of halogens is 3. The first kappa shape index (κ1) is 11.6. The Hall–Kier alpha value is -0.480. The summed E-state index contributed by atoms with van der Waals surface area (Å²) in [6.45, 7) is 0. The number of nitrogens with zero attached hydrogens (tertiary/aromatic N) is 1. The largest absolute Gasteiger partial charge is 0.293 e. The maximum Gasteiger partial charge on any atom is 0.293 e. The third-order valence-corrected chi connectivity index (χ3v) is 2.12. The first-order valence-electron chi connectivity index (χ1n) is 3.65. The standard InChI is InChI=1S/C8H7Cl3N2O/c9-8(10,12)7(14)13(11)6-4-2-1-3-5-6/h1-5H,12H2. The van der Waals surface area contributed by atoms with Crippen LogP contribution in [0, 0.1) is 0 Å². The molecular formula is C8H7Cl3N2O. The van der Waals surface area contributed by atoms with Crippen molar-refractivity contribution in [2.24, 2.45) is 5.73 Å². The van der Waals surface area contributed by atoms with Gasteiger partial charge in [0.15, 0.2) is 0 Å². The molecular weight excluding hydrogens is 246 g/mol. The molecule has 0 aromatic heterocycles. The van der Waals surface area contributed by atoms with Crippen LogP contribution in [0.2, 0.25) is 0 Å². The summed E-state index contributed by atoms with van der Waals surface area (Å²) >= 11 is 16.5. The summed E-state index contributed by atoms with van der Waals surface area (Å²) in [4.78, 5) is 11.4. The molecule has 0 heterocycles. The Bertz CT molecular complexity index is 323. The average Bonchev–Trinajstić information content (AvgIpc) is 2.15. The maximum atomic E-state index is 11.4. The van der Waals surface area contributed by atoms with E-state index in [0.717, 1.165) is 4.42 Å². The Morgan fingerprint density at radius 1 is 1.29 bits per heavy atom. The molecule has 1 aromatic rings. The number of hydrogen-bond acceptors (Lipinski definition) is 2. The Morgan fingerprint density at radius 3 is 2.21 bits per heavy atom. The van der Waals surface area contributed by atoms with Gasteiger partial charge in [-0.15, -0.1) is 0 Å². The summed E-state index contributed by atoms with van der Waals surface area (Å²) in [5.41, 5.74) is 5.63. The number of benzene rings is 1. The van der Waals surface area contributed by atoms with Crippen molar-refractivity contribution in [1.82, 2.24) is 0 Å². The van der Waals surface area contributed by atoms with Crippen LogP contribution in [0.3, 0.4) is 0 Å². The molecule has 0 spiro atoms. The molecule has 0 atom stereocenters. The minimum atomic E-state index is -2.02. The lowest BCUT2D eigenvalue weighted by atomic mass is 10.3. The van der Waals surface area contributed by atoms with E-state index in [0.29, 0.717) is 5.69 Å². The number of amides is 1. The van der Waals surface area contributed by atoms with Crippen LogP contribution in [0.25, 0.3) is 0 Å². The second kappa shape index (κ2) is 4.36. The summed E-state index contributed by atoms with van der Waals surface area (Å²) in [5, 5.41) is 0. The lowest BCUT2D eigenvalue weighted by Crippen LogP contribution is -2.43. The smallest absolute Gasteiger partial charge is 0.292 e. The van der Waals surface area contributed by atoms with E-state index in [1.54, 1.807) is 30.3 Å². The monoisotopic (exact) mass is 252 g/mol. The van der Waals surface area contributed by atoms with E-state index in [1.807, 2.05) is 0 Å². The van der Waals surface area contributed by atoms with Crippen molar-refractivity contribution in [3.63, 3.8) is 0 Å². The van der Waals surface area contributed by atoms with Gasteiger partial charge in [-0.1, -0.05) is 41.4 Å². The lowest BCUT2D eigenvalue weighted by Gasteiger charge is -2.19. The molecule has 0 saturated carbocycles. The third kappa shape index (κ3) is 2.75. The number of para-hydroxylation sites is 1. The predicted molar refractivity (Wildman–Crippen MR) is 58.4 cm³/mol. The highest BCUT2D eigenvalue weighted by molar-refractivity contribution is 6.61. The SMILES string of the molecule is NC(Cl)(Cl)C(=O)N(Cl)c1ccccc1. The number of nitrogens with two attached hydrogens (primary N) is 1. The number of carbonyl (C=O) groups excluding carboxylic acids is 1. The van der Waals surface area contributed by atoms with E-state index in [2.05, 4.69) is 0 Å². The maximum absolute atomic E-state index is 11.4. The first-order valence-corrected chi connectivity index (χ1v) is 4.74. The molecule has 0 fully saturated rings. The topological polar surface area (TPSA) is 46.3 Å². The molecule has 0 aliphatic rings. The van der Waals surface area contributed by atoms with Crippen molar-refractivity contribution >= 4 is 46.6 Å². The Morgan fingerprint density at radius 2 is 1.79 bits per heavy atom. The van der Waals surface area contributed by atoms with E-state index in [9.17, 15) is 4.79 Å². The summed E-state index contributed by atoms with van der Waals surface area (Å²) in [6, 6.07) is 8.49. The van der Waals surface area contributed by atoms with Crippen molar-refractivity contribution in [3.8, 4) is 0 Å². The first-order chi connectivity index (χ1) is 6.43. The molecule has 2 N–H and O–H groups in total. The second-order valence-electron chi connectivity index (χ2n) is 2.54. The van der Waals surface area contributed by atoms with E-state index in [-0.39, 0.29) is 0 Å². The fraction of sp³-hybridized carbons (Fsp3) is 0.125. The van der Waals surface area contributed by atoms with Gasteiger partial charge in [-0.05, 0) is 12.1 Å². The summed E-state index contributed by atoms with van der Waals surface area (Å²) in [5.74, 6) is -0.797. The minimum Gasteiger partial charge on any atom is -0.292 e. The van der Waals surface area contributed by atoms with Crippen LogP contribution in [0.1, 0.15) is 0 Å². The molecule has 14 heavy (non-hydrogen) atoms. The molecule has 0 aliphatic carbocycles. The van der Waals surface area contributed by atoms with Gasteiger partial charge in [0.25, 0.3) is 5.91 Å². The highest BCUT2D eigenvalue weighted by Crippen LogP contribution is 2.23. The number of carbonyl (C=O) groups is 1. The number of anilines is 1. The van der Waals surface area contributed by atoms with Gasteiger partial charge in [0.05, 0.1) is 5.69 Å². The lowest BCUT2D eigenvalue weighted by molar-refractivity contribution is -0.118. The quantitative estimate of drug-likeness (QED) is 0.499. The highest BCUT2D eigenvalue weighted by atomic mass is 35.5. The van der Waals surface area contributed by atoms with Crippen LogP contribution < -0.4 is 10.2 Å². The van der Waals surface area contributed by atoms with Crippen LogP contribution in [-0.2, 0) is 4.79 Å². The molecule has 3 nitrogen and oxygen atoms in total. The molecule has 0 bridgehead atoms. The molecule has 1 amide bonds. The Kier molecular flexibility index (Phi) is 3.61. The Balaban J connectivity index is 2.87. The molecule has 1 rings (SSSR count).